The van der Waals surface area contributed by atoms with Gasteiger partial charge in [-0.2, -0.15) is 0 Å². The second-order valence-corrected chi connectivity index (χ2v) is 7.64. The molecule has 0 N–H and O–H groups in total. The van der Waals surface area contributed by atoms with Crippen molar-refractivity contribution < 1.29 is 13.9 Å². The fraction of sp³-hybridized carbons (Fsp3) is 0.360. The molecule has 1 aliphatic carbocycles. The SMILES string of the molecule is COc1c2nc3ccccc3oc-2c(CCC=C(C)CCC=C(C)C)c(=O)c1OC. The lowest BCUT2D eigenvalue weighted by atomic mass is 10.0. The van der Waals surface area contributed by atoms with Crippen LogP contribution in [0.15, 0.2) is 56.8 Å². The number of aromatic nitrogens is 1. The molecule has 0 bridgehead atoms. The van der Waals surface area contributed by atoms with Crippen LogP contribution < -0.4 is 14.9 Å². The third kappa shape index (κ3) is 4.56. The van der Waals surface area contributed by atoms with E-state index in [0.29, 0.717) is 40.3 Å². The Labute approximate surface area is 177 Å². The Morgan fingerprint density at radius 3 is 2.47 bits per heavy atom. The van der Waals surface area contributed by atoms with Crippen LogP contribution in [-0.2, 0) is 6.42 Å². The van der Waals surface area contributed by atoms with Gasteiger partial charge in [0.15, 0.2) is 22.8 Å². The normalized spacial score (nSPS) is 11.7. The number of hydrogen-bond acceptors (Lipinski definition) is 5. The van der Waals surface area contributed by atoms with Crippen molar-refractivity contribution in [3.63, 3.8) is 0 Å². The van der Waals surface area contributed by atoms with Crippen molar-refractivity contribution in [3.8, 4) is 23.0 Å². The lowest BCUT2D eigenvalue weighted by molar-refractivity contribution is 0.350. The molecule has 0 radical (unpaired) electrons. The minimum Gasteiger partial charge on any atom is -0.491 e. The fourth-order valence-corrected chi connectivity index (χ4v) is 3.53. The van der Waals surface area contributed by atoms with E-state index < -0.39 is 0 Å². The zero-order valence-corrected chi connectivity index (χ0v) is 18.4. The van der Waals surface area contributed by atoms with Crippen LogP contribution in [0.4, 0.5) is 0 Å². The largest absolute Gasteiger partial charge is 0.491 e. The number of methoxy groups -OCH3 is 2. The van der Waals surface area contributed by atoms with E-state index in [2.05, 4.69) is 32.9 Å². The first-order valence-electron chi connectivity index (χ1n) is 10.2. The van der Waals surface area contributed by atoms with Crippen LogP contribution in [0.25, 0.3) is 22.6 Å². The maximum Gasteiger partial charge on any atom is 0.231 e. The average molecular weight is 408 g/mol. The summed E-state index contributed by atoms with van der Waals surface area (Å²) in [5.41, 5.74) is 4.83. The molecule has 0 spiro atoms. The van der Waals surface area contributed by atoms with Crippen molar-refractivity contribution in [2.24, 2.45) is 0 Å². The number of rotatable bonds is 8. The molecule has 0 amide bonds. The van der Waals surface area contributed by atoms with Gasteiger partial charge in [-0.1, -0.05) is 35.4 Å². The van der Waals surface area contributed by atoms with Crippen LogP contribution in [0.5, 0.6) is 11.5 Å². The molecule has 3 rings (SSSR count). The van der Waals surface area contributed by atoms with E-state index in [9.17, 15) is 4.79 Å². The highest BCUT2D eigenvalue weighted by Crippen LogP contribution is 2.39. The Hall–Kier alpha value is -3.08. The van der Waals surface area contributed by atoms with E-state index in [4.69, 9.17) is 18.9 Å². The van der Waals surface area contributed by atoms with E-state index in [1.807, 2.05) is 24.3 Å². The highest BCUT2D eigenvalue weighted by molar-refractivity contribution is 5.80. The van der Waals surface area contributed by atoms with Crippen molar-refractivity contribution in [1.29, 1.82) is 0 Å². The number of fused-ring (bicyclic) bond motifs is 2. The maximum absolute atomic E-state index is 13.1. The Morgan fingerprint density at radius 1 is 1.03 bits per heavy atom. The van der Waals surface area contributed by atoms with Gasteiger partial charge in [0.1, 0.15) is 5.52 Å². The van der Waals surface area contributed by atoms with Gasteiger partial charge in [-0.15, -0.1) is 0 Å². The van der Waals surface area contributed by atoms with E-state index >= 15 is 0 Å². The van der Waals surface area contributed by atoms with Gasteiger partial charge in [0, 0.05) is 5.56 Å². The Balaban J connectivity index is 2.01. The summed E-state index contributed by atoms with van der Waals surface area (Å²) in [5, 5.41) is 0. The minimum absolute atomic E-state index is 0.169. The van der Waals surface area contributed by atoms with E-state index in [-0.39, 0.29) is 11.2 Å². The van der Waals surface area contributed by atoms with Crippen molar-refractivity contribution in [2.75, 3.05) is 14.2 Å². The Morgan fingerprint density at radius 2 is 1.77 bits per heavy atom. The lowest BCUT2D eigenvalue weighted by Gasteiger charge is -2.16. The topological polar surface area (TPSA) is 61.6 Å². The van der Waals surface area contributed by atoms with Gasteiger partial charge in [-0.05, 0) is 58.6 Å². The lowest BCUT2D eigenvalue weighted by Crippen LogP contribution is -2.16. The summed E-state index contributed by atoms with van der Waals surface area (Å²) >= 11 is 0. The molecular formula is C25H29NO4. The third-order valence-corrected chi connectivity index (χ3v) is 5.09. The van der Waals surface area contributed by atoms with Crippen molar-refractivity contribution in [3.05, 3.63) is 63.4 Å². The summed E-state index contributed by atoms with van der Waals surface area (Å²) < 4.78 is 17.0. The highest BCUT2D eigenvalue weighted by Gasteiger charge is 2.27. The number of ether oxygens (including phenoxy) is 2. The van der Waals surface area contributed by atoms with Crippen molar-refractivity contribution in [2.45, 2.75) is 46.5 Å². The standard InChI is InChI=1S/C25H29NO4/c1-16(2)10-8-11-17(3)12-9-13-18-22(27)25(29-5)24(28-4)21-23(18)30-20-15-7-6-14-19(20)26-21/h6-7,10,12,14-15H,8-9,11,13H2,1-5H3. The number of nitrogens with zero attached hydrogens (tertiary/aromatic N) is 1. The molecule has 1 aromatic rings. The number of para-hydroxylation sites is 2. The van der Waals surface area contributed by atoms with E-state index in [1.54, 1.807) is 0 Å². The van der Waals surface area contributed by atoms with E-state index in [1.165, 1.54) is 25.4 Å². The molecule has 5 nitrogen and oxygen atoms in total. The predicted octanol–water partition coefficient (Wildman–Crippen LogP) is 5.94. The zero-order valence-electron chi connectivity index (χ0n) is 18.4. The molecule has 1 aliphatic heterocycles. The molecular weight excluding hydrogens is 378 g/mol. The molecule has 0 aromatic heterocycles. The summed E-state index contributed by atoms with van der Waals surface area (Å²) in [7, 11) is 2.98. The van der Waals surface area contributed by atoms with Gasteiger partial charge in [-0.25, -0.2) is 4.98 Å². The molecule has 0 atom stereocenters. The van der Waals surface area contributed by atoms with Gasteiger partial charge < -0.3 is 13.9 Å². The Bertz CT molecular complexity index is 1120. The molecule has 1 aromatic carbocycles. The molecule has 5 heteroatoms. The van der Waals surface area contributed by atoms with Gasteiger partial charge >= 0.3 is 0 Å². The highest BCUT2D eigenvalue weighted by atomic mass is 16.5. The van der Waals surface area contributed by atoms with Crippen LogP contribution in [0.1, 0.15) is 45.6 Å². The fourth-order valence-electron chi connectivity index (χ4n) is 3.53. The summed E-state index contributed by atoms with van der Waals surface area (Å²) in [4.78, 5) is 17.8. The van der Waals surface area contributed by atoms with Gasteiger partial charge in [-0.3, -0.25) is 4.79 Å². The molecule has 0 saturated carbocycles. The van der Waals surface area contributed by atoms with Gasteiger partial charge in [0.2, 0.25) is 11.2 Å². The van der Waals surface area contributed by atoms with Crippen LogP contribution >= 0.6 is 0 Å². The van der Waals surface area contributed by atoms with Crippen LogP contribution in [0.3, 0.4) is 0 Å². The van der Waals surface area contributed by atoms with Gasteiger partial charge in [0.25, 0.3) is 0 Å². The first kappa shape index (κ1) is 21.6. The summed E-state index contributed by atoms with van der Waals surface area (Å²) in [6.45, 7) is 6.35. The molecule has 2 aliphatic rings. The first-order chi connectivity index (χ1) is 14.5. The molecule has 0 fully saturated rings. The molecule has 1 heterocycles. The van der Waals surface area contributed by atoms with Crippen LogP contribution in [0, 0.1) is 0 Å². The molecule has 0 saturated heterocycles. The molecule has 30 heavy (non-hydrogen) atoms. The first-order valence-corrected chi connectivity index (χ1v) is 10.2. The average Bonchev–Trinajstić information content (AvgIpc) is 2.73. The number of benzene rings is 2. The predicted molar refractivity (Wildman–Crippen MR) is 121 cm³/mol. The number of allylic oxidation sites excluding steroid dienone is 4. The summed E-state index contributed by atoms with van der Waals surface area (Å²) in [6.07, 6.45) is 7.75. The molecule has 0 unspecified atom stereocenters. The minimum atomic E-state index is -0.210. The zero-order chi connectivity index (χ0) is 21.7. The van der Waals surface area contributed by atoms with E-state index in [0.717, 1.165) is 19.3 Å². The Kier molecular flexibility index (Phi) is 6.93. The quantitative estimate of drug-likeness (QED) is 0.342. The smallest absolute Gasteiger partial charge is 0.231 e. The van der Waals surface area contributed by atoms with Crippen molar-refractivity contribution >= 4 is 11.1 Å². The van der Waals surface area contributed by atoms with Gasteiger partial charge in [0.05, 0.1) is 14.2 Å². The van der Waals surface area contributed by atoms with Crippen LogP contribution in [0.2, 0.25) is 0 Å². The summed E-state index contributed by atoms with van der Waals surface area (Å²) in [5.74, 6) is 0.943. The second-order valence-electron chi connectivity index (χ2n) is 7.64. The third-order valence-electron chi connectivity index (χ3n) is 5.09. The number of hydrogen-bond donors (Lipinski definition) is 0. The van der Waals surface area contributed by atoms with Crippen molar-refractivity contribution in [1.82, 2.24) is 4.98 Å². The molecule has 158 valence electrons. The van der Waals surface area contributed by atoms with Crippen LogP contribution in [-0.4, -0.2) is 19.2 Å². The maximum atomic E-state index is 13.1. The second kappa shape index (κ2) is 9.61. The monoisotopic (exact) mass is 407 g/mol. The summed E-state index contributed by atoms with van der Waals surface area (Å²) in [6, 6.07) is 7.50.